The van der Waals surface area contributed by atoms with Gasteiger partial charge in [0, 0.05) is 11.8 Å². The van der Waals surface area contributed by atoms with Crippen LogP contribution in [0.4, 0.5) is 20.2 Å². The molecule has 5 rings (SSSR count). The van der Waals surface area contributed by atoms with E-state index in [0.29, 0.717) is 11.4 Å². The standard InChI is InChI=1S/C22H14F2N2O3/c1-2-29-22(28)14-10-26-17-8-12-6-4-3-5-11(12)7-16(17)25-19-18(24)15(23)9-13(20(19)26)21(14)27/h3-10,20H,2H2,1H3. The number of aliphatic imine (C=N–C) groups is 1. The Morgan fingerprint density at radius 3 is 2.66 bits per heavy atom. The zero-order valence-corrected chi connectivity index (χ0v) is 15.3. The van der Waals surface area contributed by atoms with Crippen LogP contribution in [0.2, 0.25) is 0 Å². The minimum atomic E-state index is -1.18. The van der Waals surface area contributed by atoms with Crippen LogP contribution in [0.15, 0.2) is 76.5 Å². The van der Waals surface area contributed by atoms with Gasteiger partial charge >= 0.3 is 5.97 Å². The number of carbonyl (C=O) groups excluding carboxylic acids is 2. The fourth-order valence-corrected chi connectivity index (χ4v) is 3.88. The Bertz CT molecular complexity index is 1240. The molecular formula is C22H14F2N2O3. The lowest BCUT2D eigenvalue weighted by molar-refractivity contribution is -0.139. The molecule has 0 amide bonds. The van der Waals surface area contributed by atoms with Crippen molar-refractivity contribution in [3.05, 3.63) is 71.5 Å². The number of hydrogen-bond donors (Lipinski definition) is 0. The predicted molar refractivity (Wildman–Crippen MR) is 104 cm³/mol. The largest absolute Gasteiger partial charge is 0.462 e. The summed E-state index contributed by atoms with van der Waals surface area (Å²) in [6, 6.07) is 10.2. The topological polar surface area (TPSA) is 59.0 Å². The number of rotatable bonds is 2. The molecule has 2 aromatic rings. The molecule has 3 aliphatic rings. The zero-order chi connectivity index (χ0) is 20.3. The van der Waals surface area contributed by atoms with Gasteiger partial charge in [0.1, 0.15) is 17.3 Å². The highest BCUT2D eigenvalue weighted by Gasteiger charge is 2.46. The van der Waals surface area contributed by atoms with Crippen molar-refractivity contribution in [1.29, 1.82) is 0 Å². The molecule has 0 saturated carbocycles. The van der Waals surface area contributed by atoms with Crippen LogP contribution in [-0.4, -0.2) is 30.1 Å². The van der Waals surface area contributed by atoms with E-state index in [9.17, 15) is 18.4 Å². The van der Waals surface area contributed by atoms with Crippen molar-refractivity contribution in [2.75, 3.05) is 11.5 Å². The molecule has 1 unspecified atom stereocenters. The maximum Gasteiger partial charge on any atom is 0.343 e. The number of hydrogen-bond acceptors (Lipinski definition) is 5. The van der Waals surface area contributed by atoms with Crippen molar-refractivity contribution in [2.24, 2.45) is 4.99 Å². The van der Waals surface area contributed by atoms with Crippen LogP contribution in [0.25, 0.3) is 10.8 Å². The van der Waals surface area contributed by atoms with E-state index in [4.69, 9.17) is 4.74 Å². The van der Waals surface area contributed by atoms with E-state index < -0.39 is 29.4 Å². The van der Waals surface area contributed by atoms with Crippen LogP contribution in [0.1, 0.15) is 6.92 Å². The minimum absolute atomic E-state index is 0.0491. The smallest absolute Gasteiger partial charge is 0.343 e. The first-order valence-corrected chi connectivity index (χ1v) is 9.10. The Hall–Kier alpha value is -3.61. The fourth-order valence-electron chi connectivity index (χ4n) is 3.88. The van der Waals surface area contributed by atoms with Gasteiger partial charge in [-0.1, -0.05) is 24.3 Å². The number of fused-ring (bicyclic) bond motifs is 3. The van der Waals surface area contributed by atoms with E-state index in [2.05, 4.69) is 4.99 Å². The van der Waals surface area contributed by atoms with E-state index in [1.54, 1.807) is 17.9 Å². The van der Waals surface area contributed by atoms with Crippen molar-refractivity contribution in [3.63, 3.8) is 0 Å². The first kappa shape index (κ1) is 17.5. The summed E-state index contributed by atoms with van der Waals surface area (Å²) in [6.07, 6.45) is 2.19. The average Bonchev–Trinajstić information content (AvgIpc) is 2.72. The summed E-state index contributed by atoms with van der Waals surface area (Å²) >= 11 is 0. The molecule has 1 aliphatic carbocycles. The van der Waals surface area contributed by atoms with Gasteiger partial charge < -0.3 is 9.64 Å². The zero-order valence-electron chi connectivity index (χ0n) is 15.3. The van der Waals surface area contributed by atoms with Crippen LogP contribution < -0.4 is 4.90 Å². The number of nitrogens with zero attached hydrogens (tertiary/aromatic N) is 2. The van der Waals surface area contributed by atoms with Crippen LogP contribution in [0.5, 0.6) is 0 Å². The van der Waals surface area contributed by atoms with Gasteiger partial charge in [-0.15, -0.1) is 0 Å². The summed E-state index contributed by atoms with van der Waals surface area (Å²) in [5, 5.41) is 1.80. The highest BCUT2D eigenvalue weighted by molar-refractivity contribution is 6.30. The normalized spacial score (nSPS) is 20.0. The van der Waals surface area contributed by atoms with E-state index >= 15 is 0 Å². The van der Waals surface area contributed by atoms with Crippen LogP contribution >= 0.6 is 0 Å². The molecule has 0 N–H and O–H groups in total. The Balaban J connectivity index is 1.80. The van der Waals surface area contributed by atoms with Gasteiger partial charge in [0.2, 0.25) is 0 Å². The SMILES string of the molecule is CCOC(=O)C1=CN2c3cc4ccccc4cc3N=C3C(F)=C(F)C=C(C1=O)C32. The minimum Gasteiger partial charge on any atom is -0.462 e. The number of Topliss-reactive ketones (excluding diaryl/α,β-unsaturated/α-hetero) is 1. The van der Waals surface area contributed by atoms with Crippen LogP contribution in [0, 0.1) is 0 Å². The highest BCUT2D eigenvalue weighted by Crippen LogP contribution is 2.45. The Morgan fingerprint density at radius 2 is 1.93 bits per heavy atom. The molecule has 144 valence electrons. The van der Waals surface area contributed by atoms with E-state index in [-0.39, 0.29) is 23.5 Å². The van der Waals surface area contributed by atoms with E-state index in [0.717, 1.165) is 16.8 Å². The summed E-state index contributed by atoms with van der Waals surface area (Å²) < 4.78 is 33.8. The maximum absolute atomic E-state index is 14.6. The molecular weight excluding hydrogens is 378 g/mol. The third-order valence-electron chi connectivity index (χ3n) is 5.18. The van der Waals surface area contributed by atoms with Gasteiger partial charge in [-0.05, 0) is 35.9 Å². The number of esters is 1. The van der Waals surface area contributed by atoms with Crippen molar-refractivity contribution >= 4 is 39.6 Å². The Morgan fingerprint density at radius 1 is 1.21 bits per heavy atom. The molecule has 0 spiro atoms. The van der Waals surface area contributed by atoms with Crippen molar-refractivity contribution < 1.29 is 23.1 Å². The second-order valence-corrected chi connectivity index (χ2v) is 6.85. The number of anilines is 1. The number of carbonyl (C=O) groups is 2. The second kappa shape index (κ2) is 6.20. The van der Waals surface area contributed by atoms with Crippen molar-refractivity contribution in [2.45, 2.75) is 13.0 Å². The van der Waals surface area contributed by atoms with Gasteiger partial charge in [0.15, 0.2) is 17.4 Å². The van der Waals surface area contributed by atoms with Gasteiger partial charge in [0.05, 0.1) is 18.0 Å². The van der Waals surface area contributed by atoms with Crippen LogP contribution in [-0.2, 0) is 14.3 Å². The molecule has 5 nitrogen and oxygen atoms in total. The predicted octanol–water partition coefficient (Wildman–Crippen LogP) is 4.22. The summed E-state index contributed by atoms with van der Waals surface area (Å²) in [5.41, 5.74) is 0.549. The number of halogens is 2. The molecule has 0 fully saturated rings. The lowest BCUT2D eigenvalue weighted by atomic mass is 9.84. The van der Waals surface area contributed by atoms with Gasteiger partial charge in [-0.2, -0.15) is 0 Å². The molecule has 0 saturated heterocycles. The Kier molecular flexibility index (Phi) is 3.74. The third kappa shape index (κ3) is 2.47. The fraction of sp³-hybridized carbons (Fsp3) is 0.136. The molecule has 7 heteroatoms. The monoisotopic (exact) mass is 392 g/mol. The molecule has 0 bridgehead atoms. The van der Waals surface area contributed by atoms with E-state index in [1.807, 2.05) is 30.3 Å². The number of benzene rings is 2. The van der Waals surface area contributed by atoms with Crippen molar-refractivity contribution in [1.82, 2.24) is 0 Å². The average molecular weight is 392 g/mol. The number of ether oxygens (including phenoxy) is 1. The van der Waals surface area contributed by atoms with Crippen LogP contribution in [0.3, 0.4) is 0 Å². The van der Waals surface area contributed by atoms with Gasteiger partial charge in [0.25, 0.3) is 0 Å². The van der Waals surface area contributed by atoms with Gasteiger partial charge in [-0.25, -0.2) is 18.6 Å². The first-order valence-electron chi connectivity index (χ1n) is 9.10. The Labute approximate surface area is 164 Å². The van der Waals surface area contributed by atoms with Gasteiger partial charge in [-0.3, -0.25) is 4.79 Å². The molecule has 2 heterocycles. The highest BCUT2D eigenvalue weighted by atomic mass is 19.2. The van der Waals surface area contributed by atoms with E-state index in [1.165, 1.54) is 6.20 Å². The second-order valence-electron chi connectivity index (χ2n) is 6.85. The van der Waals surface area contributed by atoms with Crippen molar-refractivity contribution in [3.8, 4) is 0 Å². The molecule has 1 atom stereocenters. The summed E-state index contributed by atoms with van der Waals surface area (Å²) in [4.78, 5) is 31.1. The summed E-state index contributed by atoms with van der Waals surface area (Å²) in [6.45, 7) is 1.71. The summed E-state index contributed by atoms with van der Waals surface area (Å²) in [7, 11) is 0. The summed E-state index contributed by atoms with van der Waals surface area (Å²) in [5.74, 6) is -3.79. The third-order valence-corrected chi connectivity index (χ3v) is 5.18. The number of allylic oxidation sites excluding steroid dienone is 2. The molecule has 2 aromatic carbocycles. The number of ketones is 1. The molecule has 29 heavy (non-hydrogen) atoms. The lowest BCUT2D eigenvalue weighted by Crippen LogP contribution is -2.49. The maximum atomic E-state index is 14.6. The lowest BCUT2D eigenvalue weighted by Gasteiger charge is -2.40. The molecule has 2 aliphatic heterocycles. The molecule has 0 radical (unpaired) electrons. The quantitative estimate of drug-likeness (QED) is 0.567. The molecule has 0 aromatic heterocycles. The first-order chi connectivity index (χ1) is 14.0.